The third kappa shape index (κ3) is 1.58. The highest BCUT2D eigenvalue weighted by Crippen LogP contribution is 2.50. The molecule has 3 aromatic carbocycles. The summed E-state index contributed by atoms with van der Waals surface area (Å²) in [5.41, 5.74) is 10.8. The number of hydrogen-bond acceptors (Lipinski definition) is 0. The zero-order valence-corrected chi connectivity index (χ0v) is 12.1. The Morgan fingerprint density at radius 2 is 0.727 bits per heavy atom. The molecule has 0 aliphatic heterocycles. The molecule has 0 amide bonds. The third-order valence-electron chi connectivity index (χ3n) is 4.56. The molecule has 0 nitrogen and oxygen atoms in total. The molecule has 5 rings (SSSR count). The molecule has 0 aromatic heterocycles. The van der Waals surface area contributed by atoms with Gasteiger partial charge in [0.1, 0.15) is 0 Å². The van der Waals surface area contributed by atoms with Crippen LogP contribution in [0, 0.1) is 0 Å². The normalized spacial score (nSPS) is 14.0. The van der Waals surface area contributed by atoms with Crippen LogP contribution in [0.5, 0.6) is 0 Å². The van der Waals surface area contributed by atoms with Crippen LogP contribution in [-0.4, -0.2) is 0 Å². The first-order chi connectivity index (χ1) is 10.9. The zero-order chi connectivity index (χ0) is 14.5. The Kier molecular flexibility index (Phi) is 2.31. The molecule has 3 aromatic rings. The van der Waals surface area contributed by atoms with Gasteiger partial charge in [-0.25, -0.2) is 0 Å². The van der Waals surface area contributed by atoms with Gasteiger partial charge in [-0.3, -0.25) is 0 Å². The van der Waals surface area contributed by atoms with Gasteiger partial charge in [0, 0.05) is 0 Å². The van der Waals surface area contributed by atoms with Crippen molar-refractivity contribution in [2.75, 3.05) is 0 Å². The van der Waals surface area contributed by atoms with Crippen LogP contribution in [0.3, 0.4) is 0 Å². The lowest BCUT2D eigenvalue weighted by molar-refractivity contribution is 1.54. The van der Waals surface area contributed by atoms with E-state index in [1.807, 2.05) is 0 Å². The lowest BCUT2D eigenvalue weighted by Gasteiger charge is -2.11. The van der Waals surface area contributed by atoms with E-state index in [-0.39, 0.29) is 0 Å². The standard InChI is InChI=1S/C22H14/c1-3-9-17-15(7-1)13-14-16-8-2-4-10-18(16)21(17)22-19-11-5-6-12-20(19)22/h1-14H. The van der Waals surface area contributed by atoms with Crippen LogP contribution in [0.2, 0.25) is 0 Å². The maximum absolute atomic E-state index is 2.24. The van der Waals surface area contributed by atoms with Crippen molar-refractivity contribution in [2.45, 2.75) is 0 Å². The van der Waals surface area contributed by atoms with Gasteiger partial charge in [-0.1, -0.05) is 84.9 Å². The second-order valence-corrected chi connectivity index (χ2v) is 5.80. The molecular weight excluding hydrogens is 264 g/mol. The summed E-state index contributed by atoms with van der Waals surface area (Å²) < 4.78 is 0. The molecular formula is C22H14. The van der Waals surface area contributed by atoms with E-state index in [0.717, 1.165) is 0 Å². The van der Waals surface area contributed by atoms with Crippen LogP contribution in [-0.2, 0) is 0 Å². The summed E-state index contributed by atoms with van der Waals surface area (Å²) in [5.74, 6) is 0. The van der Waals surface area contributed by atoms with Gasteiger partial charge in [0.15, 0.2) is 0 Å². The van der Waals surface area contributed by atoms with Gasteiger partial charge in [0.25, 0.3) is 0 Å². The van der Waals surface area contributed by atoms with E-state index < -0.39 is 0 Å². The van der Waals surface area contributed by atoms with Gasteiger partial charge in [-0.15, -0.1) is 0 Å². The highest BCUT2D eigenvalue weighted by Gasteiger charge is 2.30. The molecule has 0 bridgehead atoms. The van der Waals surface area contributed by atoms with Gasteiger partial charge in [0.2, 0.25) is 0 Å². The van der Waals surface area contributed by atoms with Crippen molar-refractivity contribution in [3.05, 3.63) is 106 Å². The van der Waals surface area contributed by atoms with Crippen LogP contribution >= 0.6 is 0 Å². The van der Waals surface area contributed by atoms with Crippen molar-refractivity contribution in [3.8, 4) is 0 Å². The largest absolute Gasteiger partial charge is 0.0616 e. The van der Waals surface area contributed by atoms with E-state index in [0.29, 0.717) is 0 Å². The van der Waals surface area contributed by atoms with Crippen molar-refractivity contribution < 1.29 is 0 Å². The minimum absolute atomic E-state index is 1.29. The summed E-state index contributed by atoms with van der Waals surface area (Å²) >= 11 is 0. The Hall–Kier alpha value is -2.86. The monoisotopic (exact) mass is 278 g/mol. The molecule has 0 atom stereocenters. The lowest BCUT2D eigenvalue weighted by atomic mass is 9.92. The van der Waals surface area contributed by atoms with E-state index in [1.54, 1.807) is 0 Å². The van der Waals surface area contributed by atoms with Gasteiger partial charge in [-0.05, 0) is 44.5 Å². The second-order valence-electron chi connectivity index (χ2n) is 5.80. The Bertz CT molecular complexity index is 894. The van der Waals surface area contributed by atoms with E-state index in [9.17, 15) is 0 Å². The number of benzene rings is 3. The Labute approximate surface area is 130 Å². The summed E-state index contributed by atoms with van der Waals surface area (Å²) in [5, 5.41) is 0. The summed E-state index contributed by atoms with van der Waals surface area (Å²) in [6.45, 7) is 0. The Balaban J connectivity index is 1.89. The van der Waals surface area contributed by atoms with Crippen LogP contribution in [0.1, 0.15) is 33.4 Å². The molecule has 22 heavy (non-hydrogen) atoms. The Morgan fingerprint density at radius 3 is 1.23 bits per heavy atom. The first-order valence-electron chi connectivity index (χ1n) is 7.64. The quantitative estimate of drug-likeness (QED) is 0.351. The fourth-order valence-corrected chi connectivity index (χ4v) is 3.47. The van der Waals surface area contributed by atoms with E-state index in [4.69, 9.17) is 0 Å². The number of rotatable bonds is 0. The lowest BCUT2D eigenvalue weighted by Crippen LogP contribution is -1.91. The molecule has 0 heteroatoms. The molecule has 0 unspecified atom stereocenters. The summed E-state index contributed by atoms with van der Waals surface area (Å²) in [7, 11) is 0. The smallest absolute Gasteiger partial charge is 0.00139 e. The maximum atomic E-state index is 2.24. The molecule has 0 radical (unpaired) electrons. The van der Waals surface area contributed by atoms with Crippen molar-refractivity contribution >= 4 is 23.3 Å². The van der Waals surface area contributed by atoms with Crippen LogP contribution < -0.4 is 0 Å². The molecule has 0 saturated carbocycles. The van der Waals surface area contributed by atoms with E-state index in [1.165, 1.54) is 44.5 Å². The highest BCUT2D eigenvalue weighted by atomic mass is 14.3. The summed E-state index contributed by atoms with van der Waals surface area (Å²) in [6.07, 6.45) is 4.46. The zero-order valence-electron chi connectivity index (χ0n) is 12.1. The van der Waals surface area contributed by atoms with E-state index >= 15 is 0 Å². The van der Waals surface area contributed by atoms with Gasteiger partial charge >= 0.3 is 0 Å². The highest BCUT2D eigenvalue weighted by molar-refractivity contribution is 6.18. The van der Waals surface area contributed by atoms with Gasteiger partial charge < -0.3 is 0 Å². The van der Waals surface area contributed by atoms with Crippen molar-refractivity contribution in [2.24, 2.45) is 0 Å². The van der Waals surface area contributed by atoms with E-state index in [2.05, 4.69) is 84.9 Å². The molecule has 0 fully saturated rings. The fourth-order valence-electron chi connectivity index (χ4n) is 3.47. The molecule has 0 saturated heterocycles. The second kappa shape index (κ2) is 4.32. The molecule has 0 spiro atoms. The number of fused-ring (bicyclic) bond motifs is 3. The Morgan fingerprint density at radius 1 is 0.364 bits per heavy atom. The molecule has 0 heterocycles. The third-order valence-corrected chi connectivity index (χ3v) is 4.56. The molecule has 102 valence electrons. The van der Waals surface area contributed by atoms with Crippen molar-refractivity contribution in [1.29, 1.82) is 0 Å². The van der Waals surface area contributed by atoms with Crippen molar-refractivity contribution in [3.63, 3.8) is 0 Å². The van der Waals surface area contributed by atoms with Crippen LogP contribution in [0.4, 0.5) is 0 Å². The van der Waals surface area contributed by atoms with Gasteiger partial charge in [-0.2, -0.15) is 0 Å². The predicted molar refractivity (Wildman–Crippen MR) is 93.3 cm³/mol. The predicted octanol–water partition coefficient (Wildman–Crippen LogP) is 5.49. The van der Waals surface area contributed by atoms with Crippen molar-refractivity contribution in [1.82, 2.24) is 0 Å². The SMILES string of the molecule is C1=Cc2ccccc2C(=C2c3ccccc32)c2ccccc21. The first kappa shape index (κ1) is 11.8. The fraction of sp³-hybridized carbons (Fsp3) is 0. The molecule has 0 N–H and O–H groups in total. The minimum Gasteiger partial charge on any atom is -0.0616 e. The average molecular weight is 278 g/mol. The molecule has 2 aliphatic carbocycles. The summed E-state index contributed by atoms with van der Waals surface area (Å²) in [6, 6.07) is 26.1. The van der Waals surface area contributed by atoms with Gasteiger partial charge in [0.05, 0.1) is 0 Å². The molecule has 2 aliphatic rings. The van der Waals surface area contributed by atoms with Crippen LogP contribution in [0.15, 0.2) is 72.8 Å². The first-order valence-corrected chi connectivity index (χ1v) is 7.64. The minimum atomic E-state index is 1.29. The summed E-state index contributed by atoms with van der Waals surface area (Å²) in [4.78, 5) is 0. The average Bonchev–Trinajstić information content (AvgIpc) is 3.31. The maximum Gasteiger partial charge on any atom is -0.00139 e. The number of hydrogen-bond donors (Lipinski definition) is 0. The van der Waals surface area contributed by atoms with Crippen LogP contribution in [0.25, 0.3) is 23.3 Å². The topological polar surface area (TPSA) is 0 Å².